The molecule has 0 amide bonds. The Kier molecular flexibility index (Phi) is 8.37. The number of benzene rings is 1. The molecular weight excluding hydrogens is 296 g/mol. The number of aliphatic hydroxyl groups is 1. The number of hydrogen-bond acceptors (Lipinski definition) is 5. The molecule has 0 radical (unpaired) electrons. The highest BCUT2D eigenvalue weighted by atomic mass is 16.5. The highest BCUT2D eigenvalue weighted by molar-refractivity contribution is 5.82. The molecule has 0 aliphatic heterocycles. The first-order chi connectivity index (χ1) is 11.0. The van der Waals surface area contributed by atoms with Crippen LogP contribution in [0.4, 0.5) is 0 Å². The van der Waals surface area contributed by atoms with Crippen LogP contribution in [0.25, 0.3) is 0 Å². The average Bonchev–Trinajstić information content (AvgIpc) is 2.53. The second-order valence-electron chi connectivity index (χ2n) is 5.45. The Balaban J connectivity index is 2.23. The van der Waals surface area contributed by atoms with E-state index in [-0.39, 0.29) is 0 Å². The summed E-state index contributed by atoms with van der Waals surface area (Å²) in [5, 5.41) is 10.1. The van der Waals surface area contributed by atoms with E-state index in [2.05, 4.69) is 0 Å². The fourth-order valence-corrected chi connectivity index (χ4v) is 1.97. The van der Waals surface area contributed by atoms with Crippen LogP contribution in [0.15, 0.2) is 36.4 Å². The molecule has 5 nitrogen and oxygen atoms in total. The van der Waals surface area contributed by atoms with Crippen LogP contribution in [-0.4, -0.2) is 37.0 Å². The smallest absolute Gasteiger partial charge is 0.330 e. The monoisotopic (exact) mass is 322 g/mol. The van der Waals surface area contributed by atoms with Gasteiger partial charge in [-0.15, -0.1) is 0 Å². The standard InChI is InChI=1S/C18H26O5/c1-4-23-17(19)10-12-18(2,20)11-5-13-22-14-15-6-8-16(21-3)9-7-15/h6-10,12,20H,4-5,11,13-14H2,1-3H3/b12-10+. The van der Waals surface area contributed by atoms with Crippen molar-refractivity contribution in [2.24, 2.45) is 0 Å². The van der Waals surface area contributed by atoms with E-state index in [0.29, 0.717) is 32.7 Å². The summed E-state index contributed by atoms with van der Waals surface area (Å²) in [4.78, 5) is 11.2. The lowest BCUT2D eigenvalue weighted by atomic mass is 10.00. The third-order valence-corrected chi connectivity index (χ3v) is 3.26. The Morgan fingerprint density at radius 3 is 2.61 bits per heavy atom. The van der Waals surface area contributed by atoms with Gasteiger partial charge in [0, 0.05) is 12.7 Å². The van der Waals surface area contributed by atoms with Crippen LogP contribution in [0, 0.1) is 0 Å². The third-order valence-electron chi connectivity index (χ3n) is 3.26. The normalized spacial score (nSPS) is 13.7. The summed E-state index contributed by atoms with van der Waals surface area (Å²) in [5.74, 6) is 0.377. The van der Waals surface area contributed by atoms with Gasteiger partial charge in [-0.3, -0.25) is 0 Å². The summed E-state index contributed by atoms with van der Waals surface area (Å²) in [6.07, 6.45) is 3.93. The number of esters is 1. The van der Waals surface area contributed by atoms with E-state index in [0.717, 1.165) is 11.3 Å². The van der Waals surface area contributed by atoms with Gasteiger partial charge in [0.25, 0.3) is 0 Å². The zero-order chi connectivity index (χ0) is 17.1. The highest BCUT2D eigenvalue weighted by Crippen LogP contribution is 2.15. The van der Waals surface area contributed by atoms with Crippen LogP contribution in [0.5, 0.6) is 5.75 Å². The van der Waals surface area contributed by atoms with Crippen LogP contribution >= 0.6 is 0 Å². The van der Waals surface area contributed by atoms with Gasteiger partial charge >= 0.3 is 5.97 Å². The molecule has 0 heterocycles. The maximum atomic E-state index is 11.2. The lowest BCUT2D eigenvalue weighted by Crippen LogP contribution is -2.22. The average molecular weight is 322 g/mol. The van der Waals surface area contributed by atoms with E-state index in [1.54, 1.807) is 21.0 Å². The van der Waals surface area contributed by atoms with Gasteiger partial charge in [0.1, 0.15) is 5.75 Å². The minimum absolute atomic E-state index is 0.324. The molecule has 0 aromatic heterocycles. The van der Waals surface area contributed by atoms with Crippen molar-refractivity contribution in [1.29, 1.82) is 0 Å². The van der Waals surface area contributed by atoms with Crippen molar-refractivity contribution in [3.8, 4) is 5.75 Å². The molecule has 1 atom stereocenters. The lowest BCUT2D eigenvalue weighted by Gasteiger charge is -2.18. The summed E-state index contributed by atoms with van der Waals surface area (Å²) in [6.45, 7) is 4.78. The molecule has 0 spiro atoms. The van der Waals surface area contributed by atoms with Crippen molar-refractivity contribution < 1.29 is 24.1 Å². The molecule has 0 saturated heterocycles. The summed E-state index contributed by atoms with van der Waals surface area (Å²) in [6, 6.07) is 7.70. The molecule has 0 fully saturated rings. The topological polar surface area (TPSA) is 65.0 Å². The van der Waals surface area contributed by atoms with Gasteiger partial charge in [-0.1, -0.05) is 12.1 Å². The fraction of sp³-hybridized carbons (Fsp3) is 0.500. The van der Waals surface area contributed by atoms with Crippen LogP contribution in [-0.2, 0) is 20.9 Å². The molecule has 0 aliphatic rings. The molecule has 0 saturated carbocycles. The summed E-state index contributed by atoms with van der Waals surface area (Å²) in [7, 11) is 1.63. The summed E-state index contributed by atoms with van der Waals surface area (Å²) < 4.78 is 15.5. The number of carbonyl (C=O) groups is 1. The molecule has 128 valence electrons. The predicted octanol–water partition coefficient (Wildman–Crippen LogP) is 2.86. The predicted molar refractivity (Wildman–Crippen MR) is 88.3 cm³/mol. The molecule has 1 unspecified atom stereocenters. The van der Waals surface area contributed by atoms with E-state index < -0.39 is 11.6 Å². The number of rotatable bonds is 10. The van der Waals surface area contributed by atoms with Gasteiger partial charge in [0.15, 0.2) is 0 Å². The van der Waals surface area contributed by atoms with E-state index in [1.807, 2.05) is 24.3 Å². The maximum absolute atomic E-state index is 11.2. The largest absolute Gasteiger partial charge is 0.497 e. The van der Waals surface area contributed by atoms with Gasteiger partial charge in [0.05, 0.1) is 25.9 Å². The molecule has 5 heteroatoms. The van der Waals surface area contributed by atoms with Gasteiger partial charge in [-0.05, 0) is 50.5 Å². The molecule has 23 heavy (non-hydrogen) atoms. The number of methoxy groups -OCH3 is 1. The number of hydrogen-bond donors (Lipinski definition) is 1. The Hall–Kier alpha value is -1.85. The lowest BCUT2D eigenvalue weighted by molar-refractivity contribution is -0.137. The van der Waals surface area contributed by atoms with Crippen molar-refractivity contribution in [2.75, 3.05) is 20.3 Å². The summed E-state index contributed by atoms with van der Waals surface area (Å²) in [5.41, 5.74) is 0.0238. The molecule has 0 bridgehead atoms. The number of ether oxygens (including phenoxy) is 3. The fourth-order valence-electron chi connectivity index (χ4n) is 1.97. The van der Waals surface area contributed by atoms with Crippen LogP contribution in [0.1, 0.15) is 32.3 Å². The molecule has 1 aromatic rings. The second-order valence-corrected chi connectivity index (χ2v) is 5.45. The summed E-state index contributed by atoms with van der Waals surface area (Å²) >= 11 is 0. The maximum Gasteiger partial charge on any atom is 0.330 e. The van der Waals surface area contributed by atoms with Gasteiger partial charge < -0.3 is 19.3 Å². The van der Waals surface area contributed by atoms with Crippen molar-refractivity contribution >= 4 is 5.97 Å². The Labute approximate surface area is 137 Å². The van der Waals surface area contributed by atoms with Crippen molar-refractivity contribution in [1.82, 2.24) is 0 Å². The van der Waals surface area contributed by atoms with Gasteiger partial charge in [0.2, 0.25) is 0 Å². The van der Waals surface area contributed by atoms with E-state index >= 15 is 0 Å². The zero-order valence-electron chi connectivity index (χ0n) is 14.1. The molecular formula is C18H26O5. The molecule has 1 rings (SSSR count). The van der Waals surface area contributed by atoms with Crippen molar-refractivity contribution in [2.45, 2.75) is 38.9 Å². The first kappa shape index (κ1) is 19.2. The number of carbonyl (C=O) groups excluding carboxylic acids is 1. The van der Waals surface area contributed by atoms with E-state index in [1.165, 1.54) is 12.2 Å². The Bertz CT molecular complexity index is 491. The first-order valence-corrected chi connectivity index (χ1v) is 7.76. The minimum atomic E-state index is -1.05. The molecule has 1 aromatic carbocycles. The van der Waals surface area contributed by atoms with Crippen LogP contribution in [0.2, 0.25) is 0 Å². The third kappa shape index (κ3) is 8.38. The van der Waals surface area contributed by atoms with Gasteiger partial charge in [-0.2, -0.15) is 0 Å². The van der Waals surface area contributed by atoms with Crippen LogP contribution in [0.3, 0.4) is 0 Å². The Morgan fingerprint density at radius 1 is 1.30 bits per heavy atom. The Morgan fingerprint density at radius 2 is 2.00 bits per heavy atom. The van der Waals surface area contributed by atoms with Crippen molar-refractivity contribution in [3.63, 3.8) is 0 Å². The SMILES string of the molecule is CCOC(=O)/C=C/C(C)(O)CCCOCc1ccc(OC)cc1. The zero-order valence-corrected chi connectivity index (χ0v) is 14.1. The molecule has 1 N–H and O–H groups in total. The quantitative estimate of drug-likeness (QED) is 0.408. The second kappa shape index (κ2) is 10.0. The highest BCUT2D eigenvalue weighted by Gasteiger charge is 2.16. The van der Waals surface area contributed by atoms with E-state index in [4.69, 9.17) is 14.2 Å². The molecule has 0 aliphatic carbocycles. The van der Waals surface area contributed by atoms with E-state index in [9.17, 15) is 9.90 Å². The minimum Gasteiger partial charge on any atom is -0.497 e. The van der Waals surface area contributed by atoms with Crippen LogP contribution < -0.4 is 4.74 Å². The van der Waals surface area contributed by atoms with Crippen molar-refractivity contribution in [3.05, 3.63) is 42.0 Å². The van der Waals surface area contributed by atoms with Gasteiger partial charge in [-0.25, -0.2) is 4.79 Å². The first-order valence-electron chi connectivity index (χ1n) is 7.76.